The van der Waals surface area contributed by atoms with E-state index in [-0.39, 0.29) is 29.9 Å². The number of benzene rings is 2. The van der Waals surface area contributed by atoms with E-state index in [1.165, 1.54) is 19.2 Å². The number of ether oxygens (including phenoxy) is 2. The third kappa shape index (κ3) is 5.50. The number of methoxy groups -OCH3 is 1. The average Bonchev–Trinajstić information content (AvgIpc) is 3.42. The highest BCUT2D eigenvalue weighted by atomic mass is 19.4. The zero-order valence-electron chi connectivity index (χ0n) is 17.2. The molecule has 0 spiro atoms. The maximum absolute atomic E-state index is 12.5. The first-order valence-corrected chi connectivity index (χ1v) is 9.60. The molecule has 33 heavy (non-hydrogen) atoms. The van der Waals surface area contributed by atoms with Gasteiger partial charge < -0.3 is 23.9 Å². The monoisotopic (exact) mass is 458 g/mol. The van der Waals surface area contributed by atoms with Gasteiger partial charge in [0, 0.05) is 23.5 Å². The number of nitrogens with one attached hydrogen (secondary N) is 1. The Labute approximate surface area is 185 Å². The molecule has 4 aromatic rings. The van der Waals surface area contributed by atoms with E-state index in [0.29, 0.717) is 22.7 Å². The first kappa shape index (κ1) is 21.9. The van der Waals surface area contributed by atoms with Gasteiger partial charge in [0.25, 0.3) is 5.89 Å². The van der Waals surface area contributed by atoms with E-state index in [1.807, 2.05) is 0 Å². The second-order valence-electron chi connectivity index (χ2n) is 6.80. The molecule has 0 bridgehead atoms. The molecule has 0 radical (unpaired) electrons. The molecule has 0 atom stereocenters. The predicted octanol–water partition coefficient (Wildman–Crippen LogP) is 4.75. The molecule has 0 fully saturated rings. The van der Waals surface area contributed by atoms with E-state index in [2.05, 4.69) is 20.2 Å². The number of aromatic nitrogens is 3. The number of alkyl halides is 3. The van der Waals surface area contributed by atoms with E-state index >= 15 is 0 Å². The smallest absolute Gasteiger partial charge is 0.497 e. The molecule has 0 aliphatic heterocycles. The minimum Gasteiger partial charge on any atom is -0.497 e. The Bertz CT molecular complexity index is 1250. The number of amides is 1. The largest absolute Gasteiger partial charge is 0.573 e. The Balaban J connectivity index is 1.46. The average molecular weight is 458 g/mol. The molecular weight excluding hydrogens is 441 g/mol. The highest BCUT2D eigenvalue weighted by molar-refractivity contribution is 5.91. The molecule has 2 aromatic heterocycles. The summed E-state index contributed by atoms with van der Waals surface area (Å²) in [5.41, 5.74) is 1.53. The van der Waals surface area contributed by atoms with Crippen molar-refractivity contribution in [2.75, 3.05) is 12.4 Å². The van der Waals surface area contributed by atoms with Crippen molar-refractivity contribution in [1.29, 1.82) is 0 Å². The van der Waals surface area contributed by atoms with Gasteiger partial charge in [0.2, 0.25) is 11.7 Å². The summed E-state index contributed by atoms with van der Waals surface area (Å²) in [6.07, 6.45) is -3.08. The number of hydrogen-bond acceptors (Lipinski definition) is 6. The lowest BCUT2D eigenvalue weighted by Crippen LogP contribution is -2.18. The van der Waals surface area contributed by atoms with E-state index in [0.717, 1.165) is 12.1 Å². The van der Waals surface area contributed by atoms with Gasteiger partial charge >= 0.3 is 6.36 Å². The topological polar surface area (TPSA) is 91.4 Å². The van der Waals surface area contributed by atoms with E-state index < -0.39 is 6.36 Å². The van der Waals surface area contributed by atoms with Gasteiger partial charge in [0.1, 0.15) is 23.7 Å². The molecule has 0 saturated carbocycles. The number of rotatable bonds is 7. The molecule has 1 N–H and O–H groups in total. The molecule has 0 aliphatic carbocycles. The Morgan fingerprint density at radius 2 is 1.88 bits per heavy atom. The van der Waals surface area contributed by atoms with Crippen molar-refractivity contribution in [3.05, 3.63) is 66.9 Å². The van der Waals surface area contributed by atoms with Crippen LogP contribution in [0.25, 0.3) is 23.0 Å². The number of halogens is 3. The Morgan fingerprint density at radius 3 is 2.61 bits per heavy atom. The summed E-state index contributed by atoms with van der Waals surface area (Å²) in [6.45, 7) is -0.0132. The Hall–Kier alpha value is -4.28. The van der Waals surface area contributed by atoms with Crippen molar-refractivity contribution in [3.8, 4) is 34.5 Å². The normalized spacial score (nSPS) is 11.3. The van der Waals surface area contributed by atoms with Crippen molar-refractivity contribution in [3.63, 3.8) is 0 Å². The van der Waals surface area contributed by atoms with Crippen molar-refractivity contribution in [2.45, 2.75) is 12.9 Å². The Kier molecular flexibility index (Phi) is 6.03. The van der Waals surface area contributed by atoms with Crippen molar-refractivity contribution in [1.82, 2.24) is 14.7 Å². The quantitative estimate of drug-likeness (QED) is 0.430. The minimum atomic E-state index is -4.77. The van der Waals surface area contributed by atoms with E-state index in [9.17, 15) is 18.0 Å². The molecule has 8 nitrogen and oxygen atoms in total. The molecule has 2 aromatic carbocycles. The maximum Gasteiger partial charge on any atom is 0.573 e. The van der Waals surface area contributed by atoms with Gasteiger partial charge in [-0.2, -0.15) is 4.98 Å². The van der Waals surface area contributed by atoms with Crippen molar-refractivity contribution < 1.29 is 32.0 Å². The summed E-state index contributed by atoms with van der Waals surface area (Å²) in [6, 6.07) is 15.5. The third-order valence-electron chi connectivity index (χ3n) is 4.49. The predicted molar refractivity (Wildman–Crippen MR) is 111 cm³/mol. The van der Waals surface area contributed by atoms with Gasteiger partial charge in [-0.15, -0.1) is 13.2 Å². The molecule has 0 aliphatic rings. The fraction of sp³-hybridized carbons (Fsp3) is 0.136. The van der Waals surface area contributed by atoms with Crippen LogP contribution in [0.2, 0.25) is 0 Å². The zero-order chi connectivity index (χ0) is 23.4. The molecule has 11 heteroatoms. The molecule has 0 unspecified atom stereocenters. The summed E-state index contributed by atoms with van der Waals surface area (Å²) in [5, 5.41) is 6.66. The van der Waals surface area contributed by atoms with Crippen LogP contribution in [0.3, 0.4) is 0 Å². The minimum absolute atomic E-state index is 0.0132. The molecule has 4 rings (SSSR count). The summed E-state index contributed by atoms with van der Waals surface area (Å²) in [5.74, 6) is 0.314. The van der Waals surface area contributed by atoms with Crippen LogP contribution < -0.4 is 14.8 Å². The lowest BCUT2D eigenvalue weighted by molar-refractivity contribution is -0.274. The second-order valence-corrected chi connectivity index (χ2v) is 6.80. The van der Waals surface area contributed by atoms with E-state index in [1.54, 1.807) is 47.2 Å². The highest BCUT2D eigenvalue weighted by Gasteiger charge is 2.31. The van der Waals surface area contributed by atoms with Crippen molar-refractivity contribution >= 4 is 11.6 Å². The first-order chi connectivity index (χ1) is 15.8. The zero-order valence-corrected chi connectivity index (χ0v) is 17.2. The lowest BCUT2D eigenvalue weighted by atomic mass is 10.2. The highest BCUT2D eigenvalue weighted by Crippen LogP contribution is 2.27. The van der Waals surface area contributed by atoms with Gasteiger partial charge in [0.15, 0.2) is 0 Å². The number of hydrogen-bond donors (Lipinski definition) is 1. The fourth-order valence-corrected chi connectivity index (χ4v) is 3.05. The van der Waals surface area contributed by atoms with Crippen LogP contribution in [0.15, 0.2) is 71.4 Å². The molecule has 0 saturated heterocycles. The van der Waals surface area contributed by atoms with Gasteiger partial charge in [0.05, 0.1) is 7.11 Å². The van der Waals surface area contributed by atoms with Crippen LogP contribution in [-0.4, -0.2) is 34.1 Å². The molecule has 2 heterocycles. The Morgan fingerprint density at radius 1 is 1.09 bits per heavy atom. The van der Waals surface area contributed by atoms with Gasteiger partial charge in [-0.3, -0.25) is 4.79 Å². The van der Waals surface area contributed by atoms with Gasteiger partial charge in [-0.05, 0) is 48.5 Å². The second kappa shape index (κ2) is 9.07. The third-order valence-corrected chi connectivity index (χ3v) is 4.49. The maximum atomic E-state index is 12.5. The number of carbonyl (C=O) groups excluding carboxylic acids is 1. The summed E-state index contributed by atoms with van der Waals surface area (Å²) in [4.78, 5) is 16.8. The van der Waals surface area contributed by atoms with Crippen LogP contribution in [0.1, 0.15) is 0 Å². The summed E-state index contributed by atoms with van der Waals surface area (Å²) < 4.78 is 52.9. The lowest BCUT2D eigenvalue weighted by Gasteiger charge is -2.09. The molecule has 170 valence electrons. The SMILES string of the molecule is COc1cccc(NC(=O)Cn2cccc2-c2nc(-c3ccc(OC(F)(F)F)cc3)no2)c1. The van der Waals surface area contributed by atoms with Gasteiger partial charge in [-0.1, -0.05) is 11.2 Å². The first-order valence-electron chi connectivity index (χ1n) is 9.60. The van der Waals surface area contributed by atoms with Crippen LogP contribution in [-0.2, 0) is 11.3 Å². The van der Waals surface area contributed by atoms with Crippen LogP contribution in [0.5, 0.6) is 11.5 Å². The molecular formula is C22H17F3N4O4. The fourth-order valence-electron chi connectivity index (χ4n) is 3.05. The number of anilines is 1. The standard InChI is InChI=1S/C22H17F3N4O4/c1-31-17-5-2-4-15(12-17)26-19(30)13-29-11-3-6-18(29)21-27-20(28-33-21)14-7-9-16(10-8-14)32-22(23,24)25/h2-12H,13H2,1H3,(H,26,30). The number of carbonyl (C=O) groups is 1. The number of nitrogens with zero attached hydrogens (tertiary/aromatic N) is 3. The van der Waals surface area contributed by atoms with Crippen molar-refractivity contribution in [2.24, 2.45) is 0 Å². The van der Waals surface area contributed by atoms with E-state index in [4.69, 9.17) is 9.26 Å². The van der Waals surface area contributed by atoms with Crippen LogP contribution in [0, 0.1) is 0 Å². The summed E-state index contributed by atoms with van der Waals surface area (Å²) in [7, 11) is 1.54. The van der Waals surface area contributed by atoms with Crippen LogP contribution >= 0.6 is 0 Å². The molecule has 1 amide bonds. The van der Waals surface area contributed by atoms with Gasteiger partial charge in [-0.25, -0.2) is 0 Å². The summed E-state index contributed by atoms with van der Waals surface area (Å²) >= 11 is 0. The van der Waals surface area contributed by atoms with Crippen LogP contribution in [0.4, 0.5) is 18.9 Å².